The second-order valence-corrected chi connectivity index (χ2v) is 9.49. The van der Waals surface area contributed by atoms with Crippen molar-refractivity contribution >= 4 is 16.0 Å². The molecule has 1 aliphatic heterocycles. The van der Waals surface area contributed by atoms with Crippen LogP contribution in [0.4, 0.5) is 0 Å². The van der Waals surface area contributed by atoms with Gasteiger partial charge in [-0.25, -0.2) is 17.9 Å². The fraction of sp³-hybridized carbons (Fsp3) is 0.409. The molecule has 7 heteroatoms. The molecule has 1 N–H and O–H groups in total. The third kappa shape index (κ3) is 4.02. The van der Waals surface area contributed by atoms with E-state index in [0.29, 0.717) is 6.42 Å². The number of nitrogens with one attached hydrogen (secondary N) is 1. The Kier molecular flexibility index (Phi) is 5.36. The van der Waals surface area contributed by atoms with E-state index in [9.17, 15) is 13.2 Å². The molecule has 0 aromatic heterocycles. The van der Waals surface area contributed by atoms with Crippen LogP contribution in [0.5, 0.6) is 5.75 Å². The molecule has 2 aliphatic rings. The van der Waals surface area contributed by atoms with Gasteiger partial charge in [0.2, 0.25) is 10.0 Å². The molecule has 0 amide bonds. The van der Waals surface area contributed by atoms with E-state index in [1.54, 1.807) is 6.07 Å². The highest BCUT2D eigenvalue weighted by Crippen LogP contribution is 2.46. The standard InChI is InChI=1S/C22H25NO5S/c1-27-21(24)16-8-7-9-17(14-16)29(25,26)23-19-15-22(12-5-2-6-13-22)28-20-11-4-3-10-18(19)20/h3-4,7-11,14,19,23H,2,5-6,12-13,15H2,1H3/t19-/m1/s1. The van der Waals surface area contributed by atoms with Crippen LogP contribution in [0.25, 0.3) is 0 Å². The number of methoxy groups -OCH3 is 1. The average molecular weight is 416 g/mol. The quantitative estimate of drug-likeness (QED) is 0.764. The van der Waals surface area contributed by atoms with Crippen molar-refractivity contribution in [3.05, 3.63) is 59.7 Å². The third-order valence-electron chi connectivity index (χ3n) is 5.82. The largest absolute Gasteiger partial charge is 0.487 e. The van der Waals surface area contributed by atoms with E-state index in [-0.39, 0.29) is 22.1 Å². The van der Waals surface area contributed by atoms with Crippen LogP contribution in [0.3, 0.4) is 0 Å². The lowest BCUT2D eigenvalue weighted by Crippen LogP contribution is -2.46. The lowest BCUT2D eigenvalue weighted by atomic mass is 9.77. The van der Waals surface area contributed by atoms with Gasteiger partial charge in [0.25, 0.3) is 0 Å². The first-order chi connectivity index (χ1) is 13.9. The molecule has 0 unspecified atom stereocenters. The minimum absolute atomic E-state index is 0.0436. The topological polar surface area (TPSA) is 81.7 Å². The average Bonchev–Trinajstić information content (AvgIpc) is 2.73. The summed E-state index contributed by atoms with van der Waals surface area (Å²) in [5, 5.41) is 0. The molecule has 2 aromatic carbocycles. The number of benzene rings is 2. The summed E-state index contributed by atoms with van der Waals surface area (Å²) in [6.07, 6.45) is 5.81. The van der Waals surface area contributed by atoms with Gasteiger partial charge in [-0.15, -0.1) is 0 Å². The van der Waals surface area contributed by atoms with Gasteiger partial charge in [0, 0.05) is 12.0 Å². The number of ether oxygens (including phenoxy) is 2. The summed E-state index contributed by atoms with van der Waals surface area (Å²) in [5.41, 5.74) is 0.719. The van der Waals surface area contributed by atoms with Gasteiger partial charge in [0.15, 0.2) is 0 Å². The van der Waals surface area contributed by atoms with Gasteiger partial charge >= 0.3 is 5.97 Å². The van der Waals surface area contributed by atoms with Crippen molar-refractivity contribution in [2.24, 2.45) is 0 Å². The summed E-state index contributed by atoms with van der Waals surface area (Å²) in [4.78, 5) is 11.8. The Morgan fingerprint density at radius 3 is 2.62 bits per heavy atom. The fourth-order valence-corrected chi connectivity index (χ4v) is 5.65. The minimum atomic E-state index is -3.84. The smallest absolute Gasteiger partial charge is 0.337 e. The molecule has 0 saturated heterocycles. The molecule has 1 atom stereocenters. The SMILES string of the molecule is COC(=O)c1cccc(S(=O)(=O)N[C@@H]2CC3(CCCCC3)Oc3ccccc32)c1. The molecule has 1 spiro atoms. The van der Waals surface area contributed by atoms with Crippen LogP contribution in [0, 0.1) is 0 Å². The number of hydrogen-bond acceptors (Lipinski definition) is 5. The second kappa shape index (κ2) is 7.80. The maximum atomic E-state index is 13.1. The van der Waals surface area contributed by atoms with E-state index in [1.165, 1.54) is 31.7 Å². The Labute approximate surface area is 171 Å². The van der Waals surface area contributed by atoms with Crippen LogP contribution in [-0.4, -0.2) is 27.1 Å². The van der Waals surface area contributed by atoms with Crippen molar-refractivity contribution in [3.8, 4) is 5.75 Å². The van der Waals surface area contributed by atoms with E-state index in [0.717, 1.165) is 37.0 Å². The Balaban J connectivity index is 1.66. The Bertz CT molecular complexity index is 1010. The van der Waals surface area contributed by atoms with Crippen LogP contribution >= 0.6 is 0 Å². The van der Waals surface area contributed by atoms with Crippen molar-refractivity contribution in [1.29, 1.82) is 0 Å². The molecule has 1 fully saturated rings. The summed E-state index contributed by atoms with van der Waals surface area (Å²) < 4.78 is 40.2. The van der Waals surface area contributed by atoms with Crippen LogP contribution in [0.2, 0.25) is 0 Å². The number of para-hydroxylation sites is 1. The number of esters is 1. The number of fused-ring (bicyclic) bond motifs is 1. The predicted molar refractivity (Wildman–Crippen MR) is 108 cm³/mol. The van der Waals surface area contributed by atoms with Gasteiger partial charge in [-0.2, -0.15) is 0 Å². The molecule has 0 bridgehead atoms. The first-order valence-corrected chi connectivity index (χ1v) is 11.4. The third-order valence-corrected chi connectivity index (χ3v) is 7.29. The summed E-state index contributed by atoms with van der Waals surface area (Å²) in [6, 6.07) is 13.1. The number of sulfonamides is 1. The van der Waals surface area contributed by atoms with Crippen molar-refractivity contribution in [2.45, 2.75) is 55.1 Å². The molecule has 6 nitrogen and oxygen atoms in total. The first-order valence-electron chi connectivity index (χ1n) is 9.91. The van der Waals surface area contributed by atoms with Crippen molar-refractivity contribution in [1.82, 2.24) is 4.72 Å². The normalized spacial score (nSPS) is 20.5. The van der Waals surface area contributed by atoms with E-state index in [4.69, 9.17) is 9.47 Å². The van der Waals surface area contributed by atoms with Gasteiger partial charge in [-0.05, 0) is 49.9 Å². The van der Waals surface area contributed by atoms with Crippen molar-refractivity contribution in [3.63, 3.8) is 0 Å². The summed E-state index contributed by atoms with van der Waals surface area (Å²) in [6.45, 7) is 0. The lowest BCUT2D eigenvalue weighted by molar-refractivity contribution is 0.0000722. The van der Waals surface area contributed by atoms with Gasteiger partial charge in [0.05, 0.1) is 23.6 Å². The predicted octanol–water partition coefficient (Wildman–Crippen LogP) is 3.98. The Morgan fingerprint density at radius 1 is 1.10 bits per heavy atom. The van der Waals surface area contributed by atoms with Gasteiger partial charge in [-0.1, -0.05) is 30.7 Å². The number of carbonyl (C=O) groups is 1. The lowest BCUT2D eigenvalue weighted by Gasteiger charge is -2.44. The molecule has 4 rings (SSSR count). The maximum absolute atomic E-state index is 13.1. The van der Waals surface area contributed by atoms with E-state index >= 15 is 0 Å². The van der Waals surface area contributed by atoms with Gasteiger partial charge in [0.1, 0.15) is 11.4 Å². The molecule has 1 saturated carbocycles. The maximum Gasteiger partial charge on any atom is 0.337 e. The van der Waals surface area contributed by atoms with Crippen molar-refractivity contribution in [2.75, 3.05) is 7.11 Å². The van der Waals surface area contributed by atoms with Gasteiger partial charge in [-0.3, -0.25) is 0 Å². The van der Waals surface area contributed by atoms with Crippen molar-refractivity contribution < 1.29 is 22.7 Å². The monoisotopic (exact) mass is 415 g/mol. The van der Waals surface area contributed by atoms with Crippen LogP contribution < -0.4 is 9.46 Å². The first kappa shape index (κ1) is 19.9. The number of carbonyl (C=O) groups excluding carboxylic acids is 1. The molecule has 29 heavy (non-hydrogen) atoms. The molecule has 1 heterocycles. The summed E-state index contributed by atoms with van der Waals surface area (Å²) in [5.74, 6) is 0.177. The zero-order valence-electron chi connectivity index (χ0n) is 16.4. The minimum Gasteiger partial charge on any atom is -0.487 e. The molecular weight excluding hydrogens is 390 g/mol. The fourth-order valence-electron chi connectivity index (χ4n) is 4.39. The molecule has 154 valence electrons. The Hall–Kier alpha value is -2.38. The van der Waals surface area contributed by atoms with Crippen LogP contribution in [0.1, 0.15) is 60.5 Å². The molecular formula is C22H25NO5S. The summed E-state index contributed by atoms with van der Waals surface area (Å²) in [7, 11) is -2.57. The molecule has 2 aromatic rings. The Morgan fingerprint density at radius 2 is 1.86 bits per heavy atom. The zero-order chi connectivity index (χ0) is 20.5. The highest BCUT2D eigenvalue weighted by atomic mass is 32.2. The van der Waals surface area contributed by atoms with Crippen LogP contribution in [-0.2, 0) is 14.8 Å². The molecule has 0 radical (unpaired) electrons. The highest BCUT2D eigenvalue weighted by molar-refractivity contribution is 7.89. The second-order valence-electron chi connectivity index (χ2n) is 7.78. The molecule has 1 aliphatic carbocycles. The van der Waals surface area contributed by atoms with Gasteiger partial charge < -0.3 is 9.47 Å². The van der Waals surface area contributed by atoms with Crippen LogP contribution in [0.15, 0.2) is 53.4 Å². The van der Waals surface area contributed by atoms with E-state index in [2.05, 4.69) is 4.72 Å². The highest BCUT2D eigenvalue weighted by Gasteiger charge is 2.42. The van der Waals surface area contributed by atoms with E-state index < -0.39 is 16.0 Å². The van der Waals surface area contributed by atoms with E-state index in [1.807, 2.05) is 24.3 Å². The number of hydrogen-bond donors (Lipinski definition) is 1. The zero-order valence-corrected chi connectivity index (χ0v) is 17.2. The summed E-state index contributed by atoms with van der Waals surface area (Å²) >= 11 is 0. The number of rotatable bonds is 4.